The SMILES string of the molecule is CC1(C)c2cc(-c3cccc(-c4nc(-c5ccccc5)nc5ccccc45)c3)ccc2-n2c3oc4ccccc4c3c3cccc1c32. The molecule has 0 unspecified atom stereocenters. The van der Waals surface area contributed by atoms with Gasteiger partial charge in [-0.05, 0) is 52.6 Å². The molecule has 4 heterocycles. The zero-order valence-corrected chi connectivity index (χ0v) is 26.0. The summed E-state index contributed by atoms with van der Waals surface area (Å²) in [5, 5.41) is 4.62. The van der Waals surface area contributed by atoms with Crippen LogP contribution in [0.2, 0.25) is 0 Å². The maximum Gasteiger partial charge on any atom is 0.213 e. The Balaban J connectivity index is 1.16. The van der Waals surface area contributed by atoms with Crippen molar-refractivity contribution >= 4 is 43.9 Å². The van der Waals surface area contributed by atoms with Gasteiger partial charge < -0.3 is 4.42 Å². The summed E-state index contributed by atoms with van der Waals surface area (Å²) in [7, 11) is 0. The monoisotopic (exact) mass is 603 g/mol. The Morgan fingerprint density at radius 1 is 0.553 bits per heavy atom. The third-order valence-corrected chi connectivity index (χ3v) is 10.00. The molecule has 4 nitrogen and oxygen atoms in total. The zero-order valence-electron chi connectivity index (χ0n) is 26.0. The summed E-state index contributed by atoms with van der Waals surface area (Å²) >= 11 is 0. The van der Waals surface area contributed by atoms with E-state index >= 15 is 0 Å². The second-order valence-corrected chi connectivity index (χ2v) is 13.0. The average Bonchev–Trinajstić information content (AvgIpc) is 3.66. The van der Waals surface area contributed by atoms with Gasteiger partial charge in [0, 0.05) is 32.7 Å². The molecule has 1 aliphatic heterocycles. The van der Waals surface area contributed by atoms with Gasteiger partial charge in [0.1, 0.15) is 5.58 Å². The molecule has 6 aromatic carbocycles. The van der Waals surface area contributed by atoms with Crippen LogP contribution in [0.25, 0.3) is 83.3 Å². The Bertz CT molecular complexity index is 2710. The number of benzene rings is 6. The zero-order chi connectivity index (χ0) is 31.3. The molecule has 10 rings (SSSR count). The Kier molecular flexibility index (Phi) is 5.31. The maximum atomic E-state index is 6.58. The van der Waals surface area contributed by atoms with Gasteiger partial charge in [-0.15, -0.1) is 0 Å². The molecule has 0 spiro atoms. The molecule has 0 N–H and O–H groups in total. The van der Waals surface area contributed by atoms with Crippen LogP contribution in [0.3, 0.4) is 0 Å². The van der Waals surface area contributed by atoms with E-state index in [0.717, 1.165) is 55.8 Å². The predicted molar refractivity (Wildman–Crippen MR) is 192 cm³/mol. The number of furan rings is 1. The molecule has 0 bridgehead atoms. The van der Waals surface area contributed by atoms with Gasteiger partial charge in [0.2, 0.25) is 5.71 Å². The number of para-hydroxylation sites is 3. The Labute approximate surface area is 271 Å². The molecule has 222 valence electrons. The molecule has 4 heteroatoms. The predicted octanol–water partition coefficient (Wildman–Crippen LogP) is 11.1. The third-order valence-electron chi connectivity index (χ3n) is 10.00. The summed E-state index contributed by atoms with van der Waals surface area (Å²) in [6.07, 6.45) is 0. The molecule has 0 saturated carbocycles. The Morgan fingerprint density at radius 2 is 1.26 bits per heavy atom. The van der Waals surface area contributed by atoms with Crippen LogP contribution in [-0.2, 0) is 5.41 Å². The van der Waals surface area contributed by atoms with Crippen LogP contribution < -0.4 is 0 Å². The van der Waals surface area contributed by atoms with Gasteiger partial charge in [0.15, 0.2) is 5.82 Å². The lowest BCUT2D eigenvalue weighted by Gasteiger charge is -2.34. The number of fused-ring (bicyclic) bond motifs is 8. The molecule has 1 aliphatic rings. The highest BCUT2D eigenvalue weighted by molar-refractivity contribution is 6.21. The summed E-state index contributed by atoms with van der Waals surface area (Å²) in [4.78, 5) is 10.1. The number of hydrogen-bond donors (Lipinski definition) is 0. The second kappa shape index (κ2) is 9.51. The molecule has 0 atom stereocenters. The van der Waals surface area contributed by atoms with Crippen LogP contribution in [0.4, 0.5) is 0 Å². The summed E-state index contributed by atoms with van der Waals surface area (Å²) in [6, 6.07) is 49.2. The fraction of sp³-hybridized carbons (Fsp3) is 0.0698. The lowest BCUT2D eigenvalue weighted by atomic mass is 9.74. The van der Waals surface area contributed by atoms with Gasteiger partial charge >= 0.3 is 0 Å². The van der Waals surface area contributed by atoms with Crippen molar-refractivity contribution in [2.24, 2.45) is 0 Å². The molecule has 0 aliphatic carbocycles. The summed E-state index contributed by atoms with van der Waals surface area (Å²) < 4.78 is 8.93. The standard InChI is InChI=1S/C43H29N3O/c1-43(2)33-19-11-18-32-38-31-17-7-9-21-37(31)47-42(38)46(40(32)33)36-23-22-28(25-34(36)43)27-14-10-15-29(24-27)39-30-16-6-8-20-35(30)44-41(45-39)26-12-4-3-5-13-26/h3-25H,1-2H3. The molecule has 3 aromatic heterocycles. The fourth-order valence-corrected chi connectivity index (χ4v) is 7.69. The van der Waals surface area contributed by atoms with Crippen molar-refractivity contribution in [1.82, 2.24) is 14.5 Å². The van der Waals surface area contributed by atoms with Crippen molar-refractivity contribution in [3.05, 3.63) is 151 Å². The van der Waals surface area contributed by atoms with E-state index in [0.29, 0.717) is 0 Å². The Morgan fingerprint density at radius 3 is 2.15 bits per heavy atom. The number of aromatic nitrogens is 3. The minimum absolute atomic E-state index is 0.211. The molecular formula is C43H29N3O. The first-order valence-corrected chi connectivity index (χ1v) is 16.1. The molecule has 9 aromatic rings. The van der Waals surface area contributed by atoms with Gasteiger partial charge in [-0.25, -0.2) is 9.97 Å². The Hall–Kier alpha value is -6.00. The van der Waals surface area contributed by atoms with E-state index in [2.05, 4.69) is 128 Å². The van der Waals surface area contributed by atoms with Crippen molar-refractivity contribution in [2.75, 3.05) is 0 Å². The summed E-state index contributed by atoms with van der Waals surface area (Å²) in [5.41, 5.74) is 12.9. The minimum Gasteiger partial charge on any atom is -0.439 e. The lowest BCUT2D eigenvalue weighted by Crippen LogP contribution is -2.26. The van der Waals surface area contributed by atoms with E-state index in [4.69, 9.17) is 14.4 Å². The summed E-state index contributed by atoms with van der Waals surface area (Å²) in [6.45, 7) is 4.69. The van der Waals surface area contributed by atoms with Gasteiger partial charge in [-0.1, -0.05) is 123 Å². The van der Waals surface area contributed by atoms with Crippen LogP contribution in [-0.4, -0.2) is 14.5 Å². The molecular weight excluding hydrogens is 574 g/mol. The highest BCUT2D eigenvalue weighted by atomic mass is 16.3. The second-order valence-electron chi connectivity index (χ2n) is 13.0. The average molecular weight is 604 g/mol. The fourth-order valence-electron chi connectivity index (χ4n) is 7.69. The van der Waals surface area contributed by atoms with Crippen LogP contribution in [0.1, 0.15) is 25.0 Å². The van der Waals surface area contributed by atoms with E-state index in [1.165, 1.54) is 38.7 Å². The maximum absolute atomic E-state index is 6.58. The smallest absolute Gasteiger partial charge is 0.213 e. The number of hydrogen-bond acceptors (Lipinski definition) is 3. The van der Waals surface area contributed by atoms with Crippen LogP contribution >= 0.6 is 0 Å². The topological polar surface area (TPSA) is 43.9 Å². The number of rotatable bonds is 3. The van der Waals surface area contributed by atoms with Crippen molar-refractivity contribution < 1.29 is 4.42 Å². The first kappa shape index (κ1) is 26.2. The highest BCUT2D eigenvalue weighted by Crippen LogP contribution is 2.50. The lowest BCUT2D eigenvalue weighted by molar-refractivity contribution is 0.612. The van der Waals surface area contributed by atoms with Gasteiger partial charge in [-0.3, -0.25) is 4.57 Å². The van der Waals surface area contributed by atoms with Gasteiger partial charge in [-0.2, -0.15) is 0 Å². The minimum atomic E-state index is -0.211. The van der Waals surface area contributed by atoms with Crippen molar-refractivity contribution in [2.45, 2.75) is 19.3 Å². The van der Waals surface area contributed by atoms with E-state index in [9.17, 15) is 0 Å². The molecule has 0 fully saturated rings. The van der Waals surface area contributed by atoms with Gasteiger partial charge in [0.05, 0.1) is 27.8 Å². The molecule has 47 heavy (non-hydrogen) atoms. The van der Waals surface area contributed by atoms with E-state index in [1.807, 2.05) is 30.3 Å². The number of nitrogens with zero attached hydrogens (tertiary/aromatic N) is 3. The molecule has 0 radical (unpaired) electrons. The van der Waals surface area contributed by atoms with Crippen molar-refractivity contribution in [3.63, 3.8) is 0 Å². The van der Waals surface area contributed by atoms with E-state index in [1.54, 1.807) is 0 Å². The summed E-state index contributed by atoms with van der Waals surface area (Å²) in [5.74, 6) is 0.730. The first-order chi connectivity index (χ1) is 23.1. The highest BCUT2D eigenvalue weighted by Gasteiger charge is 2.36. The third kappa shape index (κ3) is 3.70. The van der Waals surface area contributed by atoms with Crippen LogP contribution in [0.15, 0.2) is 144 Å². The van der Waals surface area contributed by atoms with Crippen molar-refractivity contribution in [3.8, 4) is 39.5 Å². The van der Waals surface area contributed by atoms with Crippen molar-refractivity contribution in [1.29, 1.82) is 0 Å². The van der Waals surface area contributed by atoms with Crippen LogP contribution in [0.5, 0.6) is 0 Å². The van der Waals surface area contributed by atoms with Crippen LogP contribution in [0, 0.1) is 0 Å². The van der Waals surface area contributed by atoms with Gasteiger partial charge in [0.25, 0.3) is 0 Å². The quantitative estimate of drug-likeness (QED) is 0.202. The normalized spacial score (nSPS) is 13.5. The molecule has 0 saturated heterocycles. The first-order valence-electron chi connectivity index (χ1n) is 16.1. The van der Waals surface area contributed by atoms with E-state index in [-0.39, 0.29) is 5.41 Å². The molecule has 0 amide bonds. The largest absolute Gasteiger partial charge is 0.439 e. The van der Waals surface area contributed by atoms with E-state index < -0.39 is 0 Å².